The lowest BCUT2D eigenvalue weighted by Gasteiger charge is -2.44. The van der Waals surface area contributed by atoms with E-state index in [9.17, 15) is 4.79 Å². The fraction of sp³-hybridized carbons (Fsp3) is 0.519. The number of halogens is 2. The van der Waals surface area contributed by atoms with Gasteiger partial charge in [-0.2, -0.15) is 0 Å². The predicted octanol–water partition coefficient (Wildman–Crippen LogP) is 6.92. The fourth-order valence-electron chi connectivity index (χ4n) is 3.99. The SMILES string of the molecule is CC1[C@H](Br)[C@@H](c2ccc(OCCCOCc3ccccc3)cc2)[C@H](Br)CN1C(=O)OC(C)(C)C. The number of hydrogen-bond donors (Lipinski definition) is 0. The first-order chi connectivity index (χ1) is 16.2. The first kappa shape index (κ1) is 27.0. The number of benzene rings is 2. The second-order valence-electron chi connectivity index (χ2n) is 9.67. The Bertz CT molecular complexity index is 901. The average Bonchev–Trinajstić information content (AvgIpc) is 2.79. The van der Waals surface area contributed by atoms with Crippen LogP contribution in [0.4, 0.5) is 4.79 Å². The maximum Gasteiger partial charge on any atom is 0.410 e. The van der Waals surface area contributed by atoms with Crippen LogP contribution in [0.5, 0.6) is 5.75 Å². The van der Waals surface area contributed by atoms with E-state index in [0.29, 0.717) is 26.4 Å². The summed E-state index contributed by atoms with van der Waals surface area (Å²) in [6.07, 6.45) is 0.561. The zero-order valence-corrected chi connectivity index (χ0v) is 23.5. The van der Waals surface area contributed by atoms with E-state index in [4.69, 9.17) is 14.2 Å². The fourth-order valence-corrected chi connectivity index (χ4v) is 6.31. The van der Waals surface area contributed by atoms with Gasteiger partial charge >= 0.3 is 6.09 Å². The topological polar surface area (TPSA) is 48.0 Å². The molecule has 4 atom stereocenters. The van der Waals surface area contributed by atoms with Crippen molar-refractivity contribution in [1.29, 1.82) is 0 Å². The zero-order chi connectivity index (χ0) is 24.7. The van der Waals surface area contributed by atoms with Gasteiger partial charge in [0.1, 0.15) is 11.4 Å². The number of piperidine rings is 1. The highest BCUT2D eigenvalue weighted by Gasteiger charge is 2.43. The summed E-state index contributed by atoms with van der Waals surface area (Å²) in [4.78, 5) is 14.7. The van der Waals surface area contributed by atoms with Gasteiger partial charge in [0.05, 0.1) is 19.8 Å². The molecule has 5 nitrogen and oxygen atoms in total. The Hall–Kier alpha value is -1.57. The smallest absolute Gasteiger partial charge is 0.410 e. The molecule has 186 valence electrons. The number of rotatable bonds is 8. The molecule has 34 heavy (non-hydrogen) atoms. The number of carbonyl (C=O) groups excluding carboxylic acids is 1. The monoisotopic (exact) mass is 595 g/mol. The van der Waals surface area contributed by atoms with E-state index in [-0.39, 0.29) is 27.7 Å². The highest BCUT2D eigenvalue weighted by molar-refractivity contribution is 9.10. The summed E-state index contributed by atoms with van der Waals surface area (Å²) in [7, 11) is 0. The Morgan fingerprint density at radius 3 is 2.35 bits per heavy atom. The molecule has 1 amide bonds. The van der Waals surface area contributed by atoms with Crippen LogP contribution in [0.2, 0.25) is 0 Å². The number of hydrogen-bond acceptors (Lipinski definition) is 4. The molecule has 0 N–H and O–H groups in total. The maximum atomic E-state index is 12.7. The quantitative estimate of drug-likeness (QED) is 0.245. The average molecular weight is 597 g/mol. The molecule has 1 saturated heterocycles. The highest BCUT2D eigenvalue weighted by Crippen LogP contribution is 2.41. The molecule has 3 rings (SSSR count). The molecular weight excluding hydrogens is 562 g/mol. The molecule has 0 saturated carbocycles. The Morgan fingerprint density at radius 2 is 1.71 bits per heavy atom. The third-order valence-electron chi connectivity index (χ3n) is 5.76. The van der Waals surface area contributed by atoms with Crippen molar-refractivity contribution in [2.24, 2.45) is 0 Å². The molecule has 0 radical (unpaired) electrons. The van der Waals surface area contributed by atoms with Gasteiger partial charge in [-0.3, -0.25) is 0 Å². The van der Waals surface area contributed by atoms with Crippen LogP contribution in [0, 0.1) is 0 Å². The Balaban J connectivity index is 1.47. The van der Waals surface area contributed by atoms with Crippen LogP contribution in [0.25, 0.3) is 0 Å². The molecule has 1 heterocycles. The number of nitrogens with zero attached hydrogens (tertiary/aromatic N) is 1. The van der Waals surface area contributed by atoms with Crippen molar-refractivity contribution in [2.75, 3.05) is 19.8 Å². The van der Waals surface area contributed by atoms with E-state index in [1.54, 1.807) is 4.90 Å². The van der Waals surface area contributed by atoms with Crippen LogP contribution in [0.15, 0.2) is 54.6 Å². The van der Waals surface area contributed by atoms with Gasteiger partial charge < -0.3 is 19.1 Å². The van der Waals surface area contributed by atoms with Gasteiger partial charge in [0.25, 0.3) is 0 Å². The maximum absolute atomic E-state index is 12.7. The van der Waals surface area contributed by atoms with Crippen LogP contribution in [-0.2, 0) is 16.1 Å². The lowest BCUT2D eigenvalue weighted by molar-refractivity contribution is 0.0125. The van der Waals surface area contributed by atoms with Gasteiger partial charge in [-0.25, -0.2) is 4.79 Å². The van der Waals surface area contributed by atoms with Crippen LogP contribution in [0.3, 0.4) is 0 Å². The van der Waals surface area contributed by atoms with Crippen molar-refractivity contribution in [2.45, 2.75) is 67.9 Å². The summed E-state index contributed by atoms with van der Waals surface area (Å²) in [5.74, 6) is 1.07. The van der Waals surface area contributed by atoms with E-state index in [0.717, 1.165) is 12.2 Å². The predicted molar refractivity (Wildman–Crippen MR) is 143 cm³/mol. The van der Waals surface area contributed by atoms with Crippen molar-refractivity contribution < 1.29 is 19.0 Å². The number of amides is 1. The van der Waals surface area contributed by atoms with Crippen molar-refractivity contribution in [3.63, 3.8) is 0 Å². The minimum absolute atomic E-state index is 0.000428. The van der Waals surface area contributed by atoms with Crippen molar-refractivity contribution >= 4 is 38.0 Å². The molecule has 0 aromatic heterocycles. The molecule has 1 aliphatic rings. The normalized spacial score (nSPS) is 22.9. The zero-order valence-electron chi connectivity index (χ0n) is 20.4. The van der Waals surface area contributed by atoms with E-state index in [2.05, 4.69) is 63.0 Å². The van der Waals surface area contributed by atoms with Gasteiger partial charge in [0.15, 0.2) is 0 Å². The summed E-state index contributed by atoms with van der Waals surface area (Å²) < 4.78 is 17.2. The lowest BCUT2D eigenvalue weighted by atomic mass is 9.85. The van der Waals surface area contributed by atoms with Crippen LogP contribution < -0.4 is 4.74 Å². The minimum atomic E-state index is -0.513. The first-order valence-corrected chi connectivity index (χ1v) is 13.6. The Morgan fingerprint density at radius 1 is 1.03 bits per heavy atom. The molecule has 2 aromatic rings. The Kier molecular flexibility index (Phi) is 9.86. The van der Waals surface area contributed by atoms with E-state index in [1.165, 1.54) is 11.1 Å². The molecule has 2 aromatic carbocycles. The molecule has 1 aliphatic heterocycles. The molecule has 1 fully saturated rings. The van der Waals surface area contributed by atoms with E-state index < -0.39 is 5.60 Å². The lowest BCUT2D eigenvalue weighted by Crippen LogP contribution is -2.55. The molecule has 0 spiro atoms. The number of likely N-dealkylation sites (tertiary alicyclic amines) is 1. The van der Waals surface area contributed by atoms with E-state index in [1.807, 2.05) is 51.1 Å². The third-order valence-corrected chi connectivity index (χ3v) is 7.96. The van der Waals surface area contributed by atoms with E-state index >= 15 is 0 Å². The minimum Gasteiger partial charge on any atom is -0.494 e. The van der Waals surface area contributed by atoms with Gasteiger partial charge in [-0.1, -0.05) is 74.3 Å². The number of alkyl halides is 2. The summed E-state index contributed by atoms with van der Waals surface area (Å²) in [5.41, 5.74) is 1.87. The second-order valence-corrected chi connectivity index (χ2v) is 11.9. The Labute approximate surface area is 220 Å². The van der Waals surface area contributed by atoms with Gasteiger partial charge in [0.2, 0.25) is 0 Å². The molecule has 0 bridgehead atoms. The summed E-state index contributed by atoms with van der Waals surface area (Å²) >= 11 is 7.69. The molecular formula is C27H35Br2NO4. The molecule has 0 aliphatic carbocycles. The molecule has 7 heteroatoms. The highest BCUT2D eigenvalue weighted by atomic mass is 79.9. The molecule has 1 unspecified atom stereocenters. The largest absolute Gasteiger partial charge is 0.494 e. The number of ether oxygens (including phenoxy) is 3. The second kappa shape index (κ2) is 12.4. The van der Waals surface area contributed by atoms with Gasteiger partial charge in [0, 0.05) is 34.6 Å². The van der Waals surface area contributed by atoms with Crippen LogP contribution in [0.1, 0.15) is 51.2 Å². The van der Waals surface area contributed by atoms with Crippen LogP contribution >= 0.6 is 31.9 Å². The summed E-state index contributed by atoms with van der Waals surface area (Å²) in [6.45, 7) is 10.2. The van der Waals surface area contributed by atoms with Crippen LogP contribution in [-0.4, -0.2) is 52.0 Å². The number of carbonyl (C=O) groups is 1. The summed E-state index contributed by atoms with van der Waals surface area (Å²) in [6, 6.07) is 18.4. The third kappa shape index (κ3) is 7.72. The first-order valence-electron chi connectivity index (χ1n) is 11.8. The van der Waals surface area contributed by atoms with Crippen molar-refractivity contribution in [1.82, 2.24) is 4.90 Å². The van der Waals surface area contributed by atoms with Crippen molar-refractivity contribution in [3.8, 4) is 5.75 Å². The van der Waals surface area contributed by atoms with Gasteiger partial charge in [-0.05, 0) is 51.0 Å². The summed E-state index contributed by atoms with van der Waals surface area (Å²) in [5, 5.41) is 0. The van der Waals surface area contributed by atoms with Crippen molar-refractivity contribution in [3.05, 3.63) is 65.7 Å². The standard InChI is InChI=1S/C27H35Br2NO4/c1-19-25(29)24(23(28)17-30(19)26(31)34-27(2,3)4)21-11-13-22(14-12-21)33-16-8-15-32-18-20-9-6-5-7-10-20/h5-7,9-14,19,23-25H,8,15-18H2,1-4H3/t19?,23-,24+,25+/m1/s1. The van der Waals surface area contributed by atoms with Gasteiger partial charge in [-0.15, -0.1) is 0 Å².